The first-order valence-electron chi connectivity index (χ1n) is 7.13. The Hall–Kier alpha value is -1.57. The molecule has 3 rings (SSSR count). The van der Waals surface area contributed by atoms with E-state index < -0.39 is 34.8 Å². The van der Waals surface area contributed by atoms with Crippen LogP contribution in [-0.2, 0) is 14.9 Å². The normalized spacial score (nSPS) is 30.0. The van der Waals surface area contributed by atoms with Gasteiger partial charge in [-0.2, -0.15) is 0 Å². The molecule has 5 nitrogen and oxygen atoms in total. The van der Waals surface area contributed by atoms with E-state index in [1.54, 1.807) is 6.92 Å². The Bertz CT molecular complexity index is 601. The molecule has 22 heavy (non-hydrogen) atoms. The molecule has 0 spiro atoms. The van der Waals surface area contributed by atoms with Gasteiger partial charge < -0.3 is 20.3 Å². The van der Waals surface area contributed by atoms with Crippen LogP contribution < -0.4 is 5.32 Å². The molecule has 1 aliphatic heterocycles. The van der Waals surface area contributed by atoms with Crippen molar-refractivity contribution in [2.45, 2.75) is 30.6 Å². The van der Waals surface area contributed by atoms with E-state index in [-0.39, 0.29) is 12.5 Å². The van der Waals surface area contributed by atoms with Crippen LogP contribution in [0.2, 0.25) is 0 Å². The summed E-state index contributed by atoms with van der Waals surface area (Å²) in [7, 11) is 0. The fraction of sp³-hybridized carbons (Fsp3) is 0.533. The summed E-state index contributed by atoms with van der Waals surface area (Å²) in [5, 5.41) is 23.0. The molecule has 1 aromatic rings. The first-order chi connectivity index (χ1) is 10.3. The molecular formula is C15H17F2NO4. The number of rotatable bonds is 4. The van der Waals surface area contributed by atoms with Gasteiger partial charge in [-0.3, -0.25) is 0 Å². The molecule has 2 aliphatic rings. The lowest BCUT2D eigenvalue weighted by Gasteiger charge is -2.27. The van der Waals surface area contributed by atoms with Gasteiger partial charge in [0.05, 0.1) is 12.6 Å². The second-order valence-corrected chi connectivity index (χ2v) is 5.93. The van der Waals surface area contributed by atoms with E-state index in [9.17, 15) is 23.8 Å². The third-order valence-corrected chi connectivity index (χ3v) is 4.62. The number of esters is 1. The summed E-state index contributed by atoms with van der Waals surface area (Å²) >= 11 is 0. The number of hydrogen-bond donors (Lipinski definition) is 3. The minimum atomic E-state index is -2.66. The van der Waals surface area contributed by atoms with Crippen LogP contribution in [0.4, 0.5) is 8.78 Å². The molecule has 0 radical (unpaired) electrons. The van der Waals surface area contributed by atoms with E-state index in [2.05, 4.69) is 10.1 Å². The Morgan fingerprint density at radius 1 is 1.41 bits per heavy atom. The van der Waals surface area contributed by atoms with Crippen molar-refractivity contribution >= 4 is 5.97 Å². The maximum Gasteiger partial charge on any atom is 0.368 e. The average Bonchev–Trinajstić information content (AvgIpc) is 3.03. The summed E-state index contributed by atoms with van der Waals surface area (Å²) in [6.45, 7) is 1.90. The van der Waals surface area contributed by atoms with Gasteiger partial charge in [-0.15, -0.1) is 0 Å². The Kier molecular flexibility index (Phi) is 3.47. The minimum Gasteiger partial charge on any atom is -0.462 e. The molecule has 1 saturated carbocycles. The van der Waals surface area contributed by atoms with Crippen LogP contribution in [-0.4, -0.2) is 41.2 Å². The zero-order valence-electron chi connectivity index (χ0n) is 12.0. The predicted octanol–water partition coefficient (Wildman–Crippen LogP) is 0.438. The number of ether oxygens (including phenoxy) is 1. The zero-order valence-corrected chi connectivity index (χ0v) is 12.0. The molecule has 0 aromatic heterocycles. The fourth-order valence-corrected chi connectivity index (χ4v) is 3.47. The van der Waals surface area contributed by atoms with Gasteiger partial charge in [0.2, 0.25) is 0 Å². The number of nitrogens with one attached hydrogen (secondary N) is 1. The van der Waals surface area contributed by atoms with Gasteiger partial charge in [-0.05, 0) is 37.0 Å². The van der Waals surface area contributed by atoms with Gasteiger partial charge in [0.15, 0.2) is 0 Å². The number of carbonyl (C=O) groups excluding carboxylic acids is 1. The van der Waals surface area contributed by atoms with Crippen molar-refractivity contribution < 1.29 is 28.5 Å². The molecule has 120 valence electrons. The van der Waals surface area contributed by atoms with Crippen molar-refractivity contribution in [1.82, 2.24) is 5.32 Å². The lowest BCUT2D eigenvalue weighted by molar-refractivity contribution is -0.219. The molecule has 1 heterocycles. The largest absolute Gasteiger partial charge is 0.462 e. The number of aliphatic hydroxyl groups is 2. The van der Waals surface area contributed by atoms with Crippen LogP contribution in [0.15, 0.2) is 18.2 Å². The first-order valence-corrected chi connectivity index (χ1v) is 7.13. The Labute approximate surface area is 125 Å². The van der Waals surface area contributed by atoms with Crippen molar-refractivity contribution in [3.05, 3.63) is 35.4 Å². The lowest BCUT2D eigenvalue weighted by atomic mass is 9.92. The zero-order chi connectivity index (χ0) is 16.1. The van der Waals surface area contributed by atoms with Crippen LogP contribution in [0.3, 0.4) is 0 Å². The van der Waals surface area contributed by atoms with Gasteiger partial charge in [0.25, 0.3) is 5.79 Å². The fourth-order valence-electron chi connectivity index (χ4n) is 3.47. The smallest absolute Gasteiger partial charge is 0.368 e. The molecule has 1 saturated heterocycles. The maximum absolute atomic E-state index is 13.4. The van der Waals surface area contributed by atoms with Gasteiger partial charge in [0.1, 0.15) is 11.6 Å². The molecule has 3 N–H and O–H groups in total. The van der Waals surface area contributed by atoms with Crippen molar-refractivity contribution in [3.8, 4) is 0 Å². The van der Waals surface area contributed by atoms with Crippen molar-refractivity contribution in [2.75, 3.05) is 13.2 Å². The van der Waals surface area contributed by atoms with Crippen LogP contribution in [0.25, 0.3) is 0 Å². The maximum atomic E-state index is 13.4. The van der Waals surface area contributed by atoms with E-state index >= 15 is 0 Å². The summed E-state index contributed by atoms with van der Waals surface area (Å²) in [5.74, 6) is -5.44. The number of benzene rings is 1. The molecule has 2 fully saturated rings. The molecule has 0 amide bonds. The molecular weight excluding hydrogens is 296 g/mol. The highest BCUT2D eigenvalue weighted by Crippen LogP contribution is 2.60. The van der Waals surface area contributed by atoms with E-state index in [0.717, 1.165) is 6.07 Å². The third-order valence-electron chi connectivity index (χ3n) is 4.62. The SMILES string of the molecule is CCOC(=O)C(O)(O)C1NC[C@@]2(c3cc(F)cc(F)c3)C[C@@H]12. The van der Waals surface area contributed by atoms with Crippen molar-refractivity contribution in [3.63, 3.8) is 0 Å². The number of hydrogen-bond acceptors (Lipinski definition) is 5. The number of halogens is 2. The Balaban J connectivity index is 1.84. The van der Waals surface area contributed by atoms with Gasteiger partial charge >= 0.3 is 5.97 Å². The van der Waals surface area contributed by atoms with Crippen LogP contribution >= 0.6 is 0 Å². The highest BCUT2D eigenvalue weighted by molar-refractivity contribution is 5.78. The molecule has 3 atom stereocenters. The summed E-state index contributed by atoms with van der Waals surface area (Å²) < 4.78 is 31.5. The first kappa shape index (κ1) is 15.3. The van der Waals surface area contributed by atoms with E-state index in [1.807, 2.05) is 0 Å². The van der Waals surface area contributed by atoms with E-state index in [1.165, 1.54) is 12.1 Å². The number of piperidine rings is 1. The Morgan fingerprint density at radius 3 is 2.59 bits per heavy atom. The molecule has 7 heteroatoms. The van der Waals surface area contributed by atoms with E-state index in [0.29, 0.717) is 18.5 Å². The Morgan fingerprint density at radius 2 is 2.05 bits per heavy atom. The summed E-state index contributed by atoms with van der Waals surface area (Å²) in [6.07, 6.45) is 0.524. The summed E-state index contributed by atoms with van der Waals surface area (Å²) in [6, 6.07) is 2.35. The standard InChI is InChI=1S/C15H17F2NO4/c1-2-22-13(19)15(20,21)12-11-6-14(11,7-18-12)8-3-9(16)5-10(17)4-8/h3-5,11-12,18,20-21H,2,6-7H2,1H3/t11-,12?,14+/m0/s1. The van der Waals surface area contributed by atoms with Gasteiger partial charge in [-0.1, -0.05) is 0 Å². The third kappa shape index (κ3) is 2.20. The minimum absolute atomic E-state index is 0.0271. The summed E-state index contributed by atoms with van der Waals surface area (Å²) in [4.78, 5) is 11.7. The van der Waals surface area contributed by atoms with Crippen molar-refractivity contribution in [2.24, 2.45) is 5.92 Å². The number of fused-ring (bicyclic) bond motifs is 1. The molecule has 0 bridgehead atoms. The molecule has 1 aromatic carbocycles. The predicted molar refractivity (Wildman–Crippen MR) is 71.7 cm³/mol. The van der Waals surface area contributed by atoms with Gasteiger partial charge in [-0.25, -0.2) is 13.6 Å². The van der Waals surface area contributed by atoms with Crippen LogP contribution in [0, 0.1) is 17.6 Å². The second kappa shape index (κ2) is 4.97. The monoisotopic (exact) mass is 313 g/mol. The number of carbonyl (C=O) groups is 1. The molecule has 1 aliphatic carbocycles. The topological polar surface area (TPSA) is 78.8 Å². The lowest BCUT2D eigenvalue weighted by Crippen LogP contribution is -2.56. The molecule has 1 unspecified atom stereocenters. The quantitative estimate of drug-likeness (QED) is 0.555. The second-order valence-electron chi connectivity index (χ2n) is 5.93. The summed E-state index contributed by atoms with van der Waals surface area (Å²) in [5.41, 5.74) is -0.110. The average molecular weight is 313 g/mol. The van der Waals surface area contributed by atoms with Crippen LogP contribution in [0.1, 0.15) is 18.9 Å². The van der Waals surface area contributed by atoms with Gasteiger partial charge in [0, 0.05) is 18.0 Å². The highest BCUT2D eigenvalue weighted by Gasteiger charge is 2.68. The van der Waals surface area contributed by atoms with Crippen LogP contribution in [0.5, 0.6) is 0 Å². The van der Waals surface area contributed by atoms with E-state index in [4.69, 9.17) is 0 Å². The highest BCUT2D eigenvalue weighted by atomic mass is 19.1. The van der Waals surface area contributed by atoms with Crippen molar-refractivity contribution in [1.29, 1.82) is 0 Å².